The zero-order valence-electron chi connectivity index (χ0n) is 10.9. The van der Waals surface area contributed by atoms with Gasteiger partial charge in [-0.2, -0.15) is 13.2 Å². The van der Waals surface area contributed by atoms with Crippen LogP contribution in [0.4, 0.5) is 18.9 Å². The molecule has 0 unspecified atom stereocenters. The maximum absolute atomic E-state index is 12.5. The minimum atomic E-state index is -4.28. The lowest BCUT2D eigenvalue weighted by Crippen LogP contribution is -2.04. The van der Waals surface area contributed by atoms with Crippen molar-refractivity contribution in [2.24, 2.45) is 0 Å². The van der Waals surface area contributed by atoms with E-state index in [1.165, 1.54) is 6.07 Å². The van der Waals surface area contributed by atoms with E-state index in [4.69, 9.17) is 0 Å². The fourth-order valence-electron chi connectivity index (χ4n) is 1.73. The van der Waals surface area contributed by atoms with Gasteiger partial charge in [0.1, 0.15) is 0 Å². The van der Waals surface area contributed by atoms with Crippen molar-refractivity contribution in [3.63, 3.8) is 0 Å². The first kappa shape index (κ1) is 14.8. The molecule has 0 aliphatic heterocycles. The number of nitrogens with one attached hydrogen (secondary N) is 1. The number of anilines is 1. The molecule has 0 amide bonds. The van der Waals surface area contributed by atoms with Crippen LogP contribution in [0.5, 0.6) is 0 Å². The first-order valence-corrected chi connectivity index (χ1v) is 6.90. The molecule has 106 valence electrons. The molecule has 0 heterocycles. The van der Waals surface area contributed by atoms with Gasteiger partial charge in [-0.15, -0.1) is 0 Å². The second-order valence-corrected chi connectivity index (χ2v) is 5.49. The molecular formula is C15H14F3NS. The molecule has 0 atom stereocenters. The highest BCUT2D eigenvalue weighted by molar-refractivity contribution is 8.00. The lowest BCUT2D eigenvalue weighted by molar-refractivity contribution is -0.0327. The molecule has 1 nitrogen and oxygen atoms in total. The van der Waals surface area contributed by atoms with E-state index in [1.54, 1.807) is 18.2 Å². The largest absolute Gasteiger partial charge is 0.446 e. The Labute approximate surface area is 120 Å². The summed E-state index contributed by atoms with van der Waals surface area (Å²) in [5, 5.41) is 3.05. The molecule has 2 aromatic carbocycles. The van der Waals surface area contributed by atoms with Crippen LogP contribution in [0.3, 0.4) is 0 Å². The molecule has 0 aliphatic carbocycles. The summed E-state index contributed by atoms with van der Waals surface area (Å²) in [5.41, 5.74) is -1.60. The summed E-state index contributed by atoms with van der Waals surface area (Å²) in [5.74, 6) is 0. The van der Waals surface area contributed by atoms with Crippen LogP contribution in [0.15, 0.2) is 53.4 Å². The Morgan fingerprint density at radius 3 is 2.30 bits per heavy atom. The number of benzene rings is 2. The highest BCUT2D eigenvalue weighted by Gasteiger charge is 2.30. The van der Waals surface area contributed by atoms with Crippen molar-refractivity contribution in [3.8, 4) is 0 Å². The zero-order valence-corrected chi connectivity index (χ0v) is 11.7. The van der Waals surface area contributed by atoms with Crippen molar-refractivity contribution in [3.05, 3.63) is 59.7 Å². The van der Waals surface area contributed by atoms with E-state index in [9.17, 15) is 13.2 Å². The van der Waals surface area contributed by atoms with Gasteiger partial charge in [-0.3, -0.25) is 0 Å². The van der Waals surface area contributed by atoms with E-state index >= 15 is 0 Å². The smallest absolute Gasteiger partial charge is 0.380 e. The highest BCUT2D eigenvalue weighted by atomic mass is 32.2. The van der Waals surface area contributed by atoms with Gasteiger partial charge in [0.15, 0.2) is 0 Å². The first-order valence-electron chi connectivity index (χ1n) is 6.08. The van der Waals surface area contributed by atoms with Gasteiger partial charge in [0, 0.05) is 17.1 Å². The Morgan fingerprint density at radius 1 is 1.00 bits per heavy atom. The van der Waals surface area contributed by atoms with Gasteiger partial charge < -0.3 is 5.32 Å². The Balaban J connectivity index is 2.07. The van der Waals surface area contributed by atoms with Gasteiger partial charge in [-0.1, -0.05) is 42.0 Å². The number of hydrogen-bond donors (Lipinski definition) is 1. The average molecular weight is 297 g/mol. The van der Waals surface area contributed by atoms with E-state index < -0.39 is 5.51 Å². The third-order valence-electron chi connectivity index (χ3n) is 2.72. The van der Waals surface area contributed by atoms with Crippen LogP contribution >= 0.6 is 11.8 Å². The van der Waals surface area contributed by atoms with Crippen LogP contribution in [0.2, 0.25) is 0 Å². The van der Waals surface area contributed by atoms with E-state index in [1.807, 2.05) is 31.2 Å². The van der Waals surface area contributed by atoms with Gasteiger partial charge in [-0.25, -0.2) is 0 Å². The summed E-state index contributed by atoms with van der Waals surface area (Å²) in [6.07, 6.45) is 0. The molecule has 0 spiro atoms. The van der Waals surface area contributed by atoms with Crippen LogP contribution < -0.4 is 5.32 Å². The Hall–Kier alpha value is -1.62. The van der Waals surface area contributed by atoms with E-state index in [0.717, 1.165) is 11.1 Å². The molecule has 2 aromatic rings. The monoisotopic (exact) mass is 297 g/mol. The second-order valence-electron chi connectivity index (χ2n) is 4.38. The molecular weight excluding hydrogens is 283 g/mol. The number of alkyl halides is 3. The fraction of sp³-hybridized carbons (Fsp3) is 0.200. The Kier molecular flexibility index (Phi) is 4.60. The third kappa shape index (κ3) is 4.49. The van der Waals surface area contributed by atoms with Crippen LogP contribution in [-0.2, 0) is 6.54 Å². The van der Waals surface area contributed by atoms with Crippen molar-refractivity contribution in [2.45, 2.75) is 23.9 Å². The van der Waals surface area contributed by atoms with Crippen LogP contribution in [0, 0.1) is 6.92 Å². The van der Waals surface area contributed by atoms with Crippen LogP contribution in [-0.4, -0.2) is 5.51 Å². The topological polar surface area (TPSA) is 12.0 Å². The maximum Gasteiger partial charge on any atom is 0.446 e. The number of aryl methyl sites for hydroxylation is 1. The third-order valence-corrected chi connectivity index (χ3v) is 3.52. The molecule has 20 heavy (non-hydrogen) atoms. The van der Waals surface area contributed by atoms with Crippen LogP contribution in [0.25, 0.3) is 0 Å². The molecule has 2 rings (SSSR count). The molecule has 0 radical (unpaired) electrons. The molecule has 0 bridgehead atoms. The van der Waals surface area contributed by atoms with Crippen molar-refractivity contribution < 1.29 is 13.2 Å². The van der Waals surface area contributed by atoms with Gasteiger partial charge in [0.25, 0.3) is 0 Å². The van der Waals surface area contributed by atoms with Crippen molar-refractivity contribution in [2.75, 3.05) is 5.32 Å². The highest BCUT2D eigenvalue weighted by Crippen LogP contribution is 2.40. The number of thioether (sulfide) groups is 1. The number of rotatable bonds is 4. The molecule has 0 fully saturated rings. The summed E-state index contributed by atoms with van der Waals surface area (Å²) in [4.78, 5) is 0.187. The quantitative estimate of drug-likeness (QED) is 0.777. The van der Waals surface area contributed by atoms with E-state index in [0.29, 0.717) is 12.2 Å². The lowest BCUT2D eigenvalue weighted by atomic mass is 10.1. The maximum atomic E-state index is 12.5. The van der Waals surface area contributed by atoms with Crippen molar-refractivity contribution >= 4 is 17.4 Å². The number of para-hydroxylation sites is 1. The number of halogens is 3. The van der Waals surface area contributed by atoms with Crippen molar-refractivity contribution in [1.29, 1.82) is 0 Å². The average Bonchev–Trinajstić information content (AvgIpc) is 2.38. The number of hydrogen-bond acceptors (Lipinski definition) is 2. The molecule has 0 aliphatic rings. The molecule has 1 N–H and O–H groups in total. The summed E-state index contributed by atoms with van der Waals surface area (Å²) in [7, 11) is 0. The van der Waals surface area contributed by atoms with Gasteiger partial charge >= 0.3 is 5.51 Å². The molecule has 5 heteroatoms. The molecule has 0 aromatic heterocycles. The van der Waals surface area contributed by atoms with Gasteiger partial charge in [0.2, 0.25) is 0 Å². The Bertz CT molecular complexity index is 564. The lowest BCUT2D eigenvalue weighted by Gasteiger charge is -2.13. The predicted octanol–water partition coefficient (Wildman–Crippen LogP) is 5.22. The molecule has 0 saturated carbocycles. The van der Waals surface area contributed by atoms with Gasteiger partial charge in [0.05, 0.1) is 0 Å². The predicted molar refractivity (Wildman–Crippen MR) is 76.9 cm³/mol. The standard InChI is InChI=1S/C15H14F3NS/c1-11-6-8-12(9-7-11)10-19-13-4-2-3-5-14(13)20-15(16,17)18/h2-9,19H,10H2,1H3. The SMILES string of the molecule is Cc1ccc(CNc2ccccc2SC(F)(F)F)cc1. The Morgan fingerprint density at radius 2 is 1.65 bits per heavy atom. The molecule has 0 saturated heterocycles. The summed E-state index contributed by atoms with van der Waals surface area (Å²) in [6.45, 7) is 2.49. The second kappa shape index (κ2) is 6.22. The van der Waals surface area contributed by atoms with Crippen molar-refractivity contribution in [1.82, 2.24) is 0 Å². The van der Waals surface area contributed by atoms with Gasteiger partial charge in [-0.05, 0) is 36.4 Å². The van der Waals surface area contributed by atoms with E-state index in [2.05, 4.69) is 5.32 Å². The minimum Gasteiger partial charge on any atom is -0.380 e. The fourth-order valence-corrected chi connectivity index (χ4v) is 2.38. The summed E-state index contributed by atoms with van der Waals surface area (Å²) < 4.78 is 37.4. The minimum absolute atomic E-state index is 0.0975. The summed E-state index contributed by atoms with van der Waals surface area (Å²) >= 11 is -0.0975. The van der Waals surface area contributed by atoms with Crippen LogP contribution in [0.1, 0.15) is 11.1 Å². The first-order chi connectivity index (χ1) is 9.44. The normalized spacial score (nSPS) is 11.4. The summed E-state index contributed by atoms with van der Waals surface area (Å²) in [6, 6.07) is 14.3. The van der Waals surface area contributed by atoms with E-state index in [-0.39, 0.29) is 16.7 Å². The zero-order chi connectivity index (χ0) is 14.6.